The van der Waals surface area contributed by atoms with Gasteiger partial charge in [-0.2, -0.15) is 0 Å². The summed E-state index contributed by atoms with van der Waals surface area (Å²) in [5, 5.41) is 23.2. The fourth-order valence-electron chi connectivity index (χ4n) is 7.48. The number of aromatic carboxylic acids is 1. The highest BCUT2D eigenvalue weighted by Gasteiger charge is 2.38. The molecule has 4 atom stereocenters. The molecule has 5 rings (SSSR count). The molecule has 1 fully saturated rings. The molecule has 63 heavy (non-hydrogen) atoms. The van der Waals surface area contributed by atoms with Gasteiger partial charge in [0.05, 0.1) is 34.4 Å². The van der Waals surface area contributed by atoms with Crippen LogP contribution in [-0.4, -0.2) is 91.1 Å². The predicted molar refractivity (Wildman–Crippen MR) is 231 cm³/mol. The van der Waals surface area contributed by atoms with Crippen molar-refractivity contribution in [3.05, 3.63) is 114 Å². The van der Waals surface area contributed by atoms with Crippen molar-refractivity contribution >= 4 is 67.8 Å². The lowest BCUT2D eigenvalue weighted by Gasteiger charge is -2.31. The van der Waals surface area contributed by atoms with Crippen LogP contribution in [0.2, 0.25) is 0 Å². The monoisotopic (exact) mass is 882 g/mol. The van der Waals surface area contributed by atoms with Crippen molar-refractivity contribution in [2.75, 3.05) is 12.3 Å². The van der Waals surface area contributed by atoms with Crippen molar-refractivity contribution < 1.29 is 51.9 Å². The number of rotatable bonds is 20. The van der Waals surface area contributed by atoms with Crippen LogP contribution in [0.4, 0.5) is 0 Å². The van der Waals surface area contributed by atoms with Gasteiger partial charge in [-0.25, -0.2) is 13.2 Å². The van der Waals surface area contributed by atoms with Crippen molar-refractivity contribution in [1.29, 1.82) is 0 Å². The summed E-state index contributed by atoms with van der Waals surface area (Å²) >= 11 is 0. The topological polar surface area (TPSA) is 277 Å². The lowest BCUT2D eigenvalue weighted by Crippen LogP contribution is -2.60. The van der Waals surface area contributed by atoms with Crippen LogP contribution in [0.15, 0.2) is 102 Å². The molecular weight excluding hydrogens is 833 g/mol. The largest absolute Gasteiger partial charge is 0.478 e. The average molecular weight is 883 g/mol. The quantitative estimate of drug-likeness (QED) is 0.0634. The van der Waals surface area contributed by atoms with Crippen LogP contribution in [-0.2, 0) is 38.6 Å². The number of carboxylic acids is 1. The van der Waals surface area contributed by atoms with Crippen molar-refractivity contribution in [1.82, 2.24) is 26.6 Å². The van der Waals surface area contributed by atoms with Crippen LogP contribution in [0.1, 0.15) is 84.2 Å². The average Bonchev–Trinajstić information content (AvgIpc) is 3.28. The molecular formula is C45H50N6O11S. The molecule has 1 aliphatic rings. The molecule has 0 bridgehead atoms. The standard InChI is InChI=1S/C45H50N6O11S/c1-2-13-34(39(53)44(58)47-25-36(52)50-37(40(46)54)28-15-5-3-6-16-28)48-42(56)35(26-63(61,62)31-23-22-27-14-9-10-19-30(27)24-31)49-43(57)38(29-17-7-4-8-18-29)51-41(55)32-20-11-12-21-33(32)45(59)60/h3,5-6,9-12,14-16,19-24,29,34-35,37-38H,2,4,7-8,13,17-18,25-26H2,1H3,(H2,46,54)(H,47,58)(H,48,56)(H,49,57)(H,50,52)(H,51,55)(H,59,60)/t34?,35-,37-,38-/m0/s1. The van der Waals surface area contributed by atoms with Crippen molar-refractivity contribution in [3.8, 4) is 0 Å². The zero-order chi connectivity index (χ0) is 45.7. The molecule has 0 heterocycles. The zero-order valence-corrected chi connectivity index (χ0v) is 35.3. The minimum absolute atomic E-state index is 0.107. The highest BCUT2D eigenvalue weighted by Crippen LogP contribution is 2.28. The number of primary amides is 1. The summed E-state index contributed by atoms with van der Waals surface area (Å²) in [6, 6.07) is 18.9. The number of amides is 6. The molecule has 1 aliphatic carbocycles. The number of hydrogen-bond donors (Lipinski definition) is 7. The summed E-state index contributed by atoms with van der Waals surface area (Å²) in [6.45, 7) is 0.913. The van der Waals surface area contributed by atoms with Gasteiger partial charge in [-0.15, -0.1) is 0 Å². The molecule has 17 nitrogen and oxygen atoms in total. The summed E-state index contributed by atoms with van der Waals surface area (Å²) in [5.74, 6) is -9.96. The summed E-state index contributed by atoms with van der Waals surface area (Å²) in [6.07, 6.45) is 3.40. The maximum absolute atomic E-state index is 14.3. The fraction of sp³-hybridized carbons (Fsp3) is 0.333. The van der Waals surface area contributed by atoms with Crippen LogP contribution in [0, 0.1) is 5.92 Å². The van der Waals surface area contributed by atoms with E-state index in [1.54, 1.807) is 67.6 Å². The van der Waals surface area contributed by atoms with E-state index in [0.717, 1.165) is 11.8 Å². The molecule has 4 aromatic carbocycles. The number of sulfone groups is 1. The Morgan fingerprint density at radius 1 is 0.714 bits per heavy atom. The first-order valence-corrected chi connectivity index (χ1v) is 22.2. The molecule has 0 aliphatic heterocycles. The van der Waals surface area contributed by atoms with Crippen LogP contribution < -0.4 is 32.3 Å². The highest BCUT2D eigenvalue weighted by atomic mass is 32.2. The van der Waals surface area contributed by atoms with Gasteiger partial charge in [-0.05, 0) is 65.8 Å². The minimum atomic E-state index is -4.38. The van der Waals surface area contributed by atoms with Crippen LogP contribution in [0.5, 0.6) is 0 Å². The van der Waals surface area contributed by atoms with E-state index < -0.39 is 99.4 Å². The zero-order valence-electron chi connectivity index (χ0n) is 34.5. The number of Topliss-reactive ketones (excluding diaryl/α,β-unsaturated/α-hetero) is 1. The number of nitrogens with two attached hydrogens (primary N) is 1. The number of fused-ring (bicyclic) bond motifs is 1. The Labute approximate surface area is 363 Å². The summed E-state index contributed by atoms with van der Waals surface area (Å²) in [4.78, 5) is 105. The van der Waals surface area contributed by atoms with Crippen molar-refractivity contribution in [3.63, 3.8) is 0 Å². The number of carboxylic acid groups (broad SMARTS) is 1. The van der Waals surface area contributed by atoms with E-state index in [1.807, 2.05) is 0 Å². The van der Waals surface area contributed by atoms with E-state index >= 15 is 0 Å². The lowest BCUT2D eigenvalue weighted by atomic mass is 9.83. The van der Waals surface area contributed by atoms with Gasteiger partial charge in [0.1, 0.15) is 18.1 Å². The van der Waals surface area contributed by atoms with Crippen molar-refractivity contribution in [2.45, 2.75) is 80.9 Å². The maximum Gasteiger partial charge on any atom is 0.336 e. The molecule has 4 aromatic rings. The normalized spacial score (nSPS) is 14.8. The van der Waals surface area contributed by atoms with Gasteiger partial charge in [0.15, 0.2) is 9.84 Å². The number of carbonyl (C=O) groups is 8. The highest BCUT2D eigenvalue weighted by molar-refractivity contribution is 7.91. The molecule has 18 heteroatoms. The summed E-state index contributed by atoms with van der Waals surface area (Å²) < 4.78 is 28.1. The van der Waals surface area contributed by atoms with Crippen LogP contribution >= 0.6 is 0 Å². The molecule has 0 aromatic heterocycles. The number of benzene rings is 4. The van der Waals surface area contributed by atoms with Gasteiger partial charge < -0.3 is 37.4 Å². The van der Waals surface area contributed by atoms with Gasteiger partial charge >= 0.3 is 5.97 Å². The van der Waals surface area contributed by atoms with E-state index in [2.05, 4.69) is 26.6 Å². The third kappa shape index (κ3) is 12.6. The Morgan fingerprint density at radius 2 is 1.33 bits per heavy atom. The number of hydrogen-bond acceptors (Lipinski definition) is 10. The Balaban J connectivity index is 1.39. The predicted octanol–water partition coefficient (Wildman–Crippen LogP) is 2.49. The second-order valence-corrected chi connectivity index (χ2v) is 17.3. The van der Waals surface area contributed by atoms with Crippen molar-refractivity contribution in [2.24, 2.45) is 11.7 Å². The molecule has 1 unspecified atom stereocenters. The first-order chi connectivity index (χ1) is 30.1. The fourth-order valence-corrected chi connectivity index (χ4v) is 8.93. The number of carbonyl (C=O) groups excluding carboxylic acids is 7. The maximum atomic E-state index is 14.3. The molecule has 0 saturated heterocycles. The third-order valence-electron chi connectivity index (χ3n) is 10.8. The number of nitrogens with one attached hydrogen (secondary N) is 5. The Hall–Kier alpha value is -6.95. The first kappa shape index (κ1) is 47.1. The van der Waals surface area contributed by atoms with E-state index in [1.165, 1.54) is 36.4 Å². The molecule has 332 valence electrons. The van der Waals surface area contributed by atoms with Crippen LogP contribution in [0.25, 0.3) is 10.8 Å². The Morgan fingerprint density at radius 3 is 1.98 bits per heavy atom. The number of ketones is 1. The Bertz CT molecular complexity index is 2470. The van der Waals surface area contributed by atoms with E-state index in [4.69, 9.17) is 5.73 Å². The van der Waals surface area contributed by atoms with Gasteiger partial charge in [0.25, 0.3) is 11.8 Å². The molecule has 6 amide bonds. The SMILES string of the molecule is CCCC(NC(=O)[C@H](CS(=O)(=O)c1ccc2ccccc2c1)NC(=O)[C@@H](NC(=O)c1ccccc1C(=O)O)C1CCCCC1)C(=O)C(=O)NCC(=O)N[C@H](C(N)=O)c1ccccc1. The van der Waals surface area contributed by atoms with Crippen LogP contribution in [0.3, 0.4) is 0 Å². The lowest BCUT2D eigenvalue weighted by molar-refractivity contribution is -0.141. The third-order valence-corrected chi connectivity index (χ3v) is 12.5. The second-order valence-electron chi connectivity index (χ2n) is 15.3. The van der Waals surface area contributed by atoms with E-state index in [-0.39, 0.29) is 28.9 Å². The molecule has 0 spiro atoms. The molecule has 8 N–H and O–H groups in total. The molecule has 1 saturated carbocycles. The molecule has 0 radical (unpaired) electrons. The van der Waals surface area contributed by atoms with Gasteiger partial charge in [-0.1, -0.05) is 105 Å². The Kier molecular flexibility index (Phi) is 16.2. The van der Waals surface area contributed by atoms with E-state index in [0.29, 0.717) is 36.6 Å². The second kappa shape index (κ2) is 21.7. The van der Waals surface area contributed by atoms with Gasteiger partial charge in [0.2, 0.25) is 29.4 Å². The summed E-state index contributed by atoms with van der Waals surface area (Å²) in [7, 11) is -4.38. The minimum Gasteiger partial charge on any atom is -0.478 e. The smallest absolute Gasteiger partial charge is 0.336 e. The van der Waals surface area contributed by atoms with Gasteiger partial charge in [-0.3, -0.25) is 33.6 Å². The van der Waals surface area contributed by atoms with Gasteiger partial charge in [0, 0.05) is 0 Å². The first-order valence-electron chi connectivity index (χ1n) is 20.5. The summed E-state index contributed by atoms with van der Waals surface area (Å²) in [5.41, 5.74) is 5.32. The van der Waals surface area contributed by atoms with E-state index in [9.17, 15) is 51.9 Å².